The van der Waals surface area contributed by atoms with Crippen molar-refractivity contribution in [2.75, 3.05) is 25.0 Å². The summed E-state index contributed by atoms with van der Waals surface area (Å²) in [6.45, 7) is 1.93. The number of para-hydroxylation sites is 1. The van der Waals surface area contributed by atoms with Gasteiger partial charge in [-0.05, 0) is 61.5 Å². The number of likely N-dealkylation sites (tertiary alicyclic amines) is 1. The lowest BCUT2D eigenvalue weighted by atomic mass is 10.1. The van der Waals surface area contributed by atoms with Gasteiger partial charge in [-0.15, -0.1) is 0 Å². The number of thiocarbonyl (C=S) groups is 1. The molecule has 0 aliphatic carbocycles. The van der Waals surface area contributed by atoms with Crippen molar-refractivity contribution in [2.24, 2.45) is 0 Å². The highest BCUT2D eigenvalue weighted by Crippen LogP contribution is 2.31. The van der Waals surface area contributed by atoms with E-state index in [1.807, 2.05) is 70.3 Å². The fourth-order valence-electron chi connectivity index (χ4n) is 4.46. The molecule has 2 aliphatic rings. The normalized spacial score (nSPS) is 17.8. The van der Waals surface area contributed by atoms with Crippen molar-refractivity contribution in [3.63, 3.8) is 0 Å². The Kier molecular flexibility index (Phi) is 5.80. The first-order valence-electron chi connectivity index (χ1n) is 10.9. The standard InChI is InChI=1S/C25H23BrN4O2S/c1-27-22(24(32)30(25(27)33)19-7-3-2-4-8-19)13-17-15-29(16-23(31)28-11-5-6-12-28)21-10-9-18(26)14-20(17)21/h2-4,7-10,13-15H,5-6,11-12,16H2,1H3/b22-13-. The Hall–Kier alpha value is -2.97. The first-order valence-corrected chi connectivity index (χ1v) is 12.1. The topological polar surface area (TPSA) is 48.8 Å². The van der Waals surface area contributed by atoms with Gasteiger partial charge in [0, 0.05) is 47.3 Å². The maximum atomic E-state index is 13.3. The monoisotopic (exact) mass is 522 g/mol. The van der Waals surface area contributed by atoms with E-state index in [2.05, 4.69) is 15.9 Å². The third-order valence-electron chi connectivity index (χ3n) is 6.21. The second-order valence-corrected chi connectivity index (χ2v) is 9.59. The molecule has 1 aromatic heterocycles. The molecule has 0 saturated carbocycles. The third kappa shape index (κ3) is 3.98. The van der Waals surface area contributed by atoms with Crippen molar-refractivity contribution in [3.8, 4) is 0 Å². The summed E-state index contributed by atoms with van der Waals surface area (Å²) in [5, 5.41) is 1.41. The molecule has 0 N–H and O–H groups in total. The summed E-state index contributed by atoms with van der Waals surface area (Å²) in [5.74, 6) is -0.0465. The van der Waals surface area contributed by atoms with Gasteiger partial charge in [0.15, 0.2) is 5.11 Å². The first-order chi connectivity index (χ1) is 15.9. The van der Waals surface area contributed by atoms with Gasteiger partial charge in [-0.1, -0.05) is 34.1 Å². The van der Waals surface area contributed by atoms with Gasteiger partial charge in [-0.2, -0.15) is 0 Å². The summed E-state index contributed by atoms with van der Waals surface area (Å²) in [7, 11) is 1.81. The lowest BCUT2D eigenvalue weighted by molar-refractivity contribution is -0.130. The molecule has 3 heterocycles. The maximum absolute atomic E-state index is 13.3. The average Bonchev–Trinajstić information content (AvgIpc) is 3.50. The highest BCUT2D eigenvalue weighted by molar-refractivity contribution is 9.10. The minimum Gasteiger partial charge on any atom is -0.341 e. The van der Waals surface area contributed by atoms with Crippen molar-refractivity contribution >= 4 is 67.7 Å². The third-order valence-corrected chi connectivity index (χ3v) is 7.16. The zero-order valence-corrected chi connectivity index (χ0v) is 20.6. The van der Waals surface area contributed by atoms with Crippen LogP contribution in [0.2, 0.25) is 0 Å². The van der Waals surface area contributed by atoms with Crippen LogP contribution in [0.5, 0.6) is 0 Å². The molecule has 3 aromatic rings. The molecule has 2 saturated heterocycles. The fraction of sp³-hybridized carbons (Fsp3) is 0.240. The Labute approximate surface area is 206 Å². The highest BCUT2D eigenvalue weighted by Gasteiger charge is 2.37. The van der Waals surface area contributed by atoms with E-state index in [4.69, 9.17) is 12.2 Å². The van der Waals surface area contributed by atoms with Gasteiger partial charge >= 0.3 is 0 Å². The SMILES string of the molecule is CN1C(=S)N(c2ccccc2)C(=O)/C1=C/c1cn(CC(=O)N2CCCC2)c2ccc(Br)cc12. The Morgan fingerprint density at radius 3 is 2.58 bits per heavy atom. The van der Waals surface area contributed by atoms with Crippen LogP contribution in [0.3, 0.4) is 0 Å². The number of benzene rings is 2. The number of nitrogens with zero attached hydrogens (tertiary/aromatic N) is 4. The Balaban J connectivity index is 1.54. The molecule has 0 spiro atoms. The Morgan fingerprint density at radius 2 is 1.85 bits per heavy atom. The summed E-state index contributed by atoms with van der Waals surface area (Å²) >= 11 is 9.14. The smallest absolute Gasteiger partial charge is 0.281 e. The van der Waals surface area contributed by atoms with E-state index in [1.165, 1.54) is 0 Å². The predicted octanol–water partition coefficient (Wildman–Crippen LogP) is 4.63. The van der Waals surface area contributed by atoms with Crippen LogP contribution in [0.25, 0.3) is 17.0 Å². The van der Waals surface area contributed by atoms with E-state index in [0.29, 0.717) is 10.8 Å². The number of hydrogen-bond acceptors (Lipinski definition) is 3. The second-order valence-electron chi connectivity index (χ2n) is 8.31. The summed E-state index contributed by atoms with van der Waals surface area (Å²) in [4.78, 5) is 31.4. The molecule has 2 aromatic carbocycles. The van der Waals surface area contributed by atoms with E-state index < -0.39 is 0 Å². The lowest BCUT2D eigenvalue weighted by Gasteiger charge is -2.16. The van der Waals surface area contributed by atoms with E-state index >= 15 is 0 Å². The Bertz CT molecular complexity index is 1290. The Morgan fingerprint density at radius 1 is 1.12 bits per heavy atom. The summed E-state index contributed by atoms with van der Waals surface area (Å²) in [6, 6.07) is 15.4. The number of aromatic nitrogens is 1. The zero-order valence-electron chi connectivity index (χ0n) is 18.2. The summed E-state index contributed by atoms with van der Waals surface area (Å²) < 4.78 is 2.91. The number of hydrogen-bond donors (Lipinski definition) is 0. The molecule has 168 valence electrons. The van der Waals surface area contributed by atoms with Crippen LogP contribution in [0.4, 0.5) is 5.69 Å². The first kappa shape index (κ1) is 21.9. The van der Waals surface area contributed by atoms with E-state index in [1.54, 1.807) is 16.8 Å². The van der Waals surface area contributed by atoms with Gasteiger partial charge in [-0.25, -0.2) is 0 Å². The molecule has 0 radical (unpaired) electrons. The quantitative estimate of drug-likeness (QED) is 0.370. The van der Waals surface area contributed by atoms with E-state index in [0.717, 1.165) is 52.6 Å². The van der Waals surface area contributed by atoms with Crippen LogP contribution >= 0.6 is 28.1 Å². The van der Waals surface area contributed by atoms with Crippen LogP contribution < -0.4 is 4.90 Å². The van der Waals surface area contributed by atoms with Crippen molar-refractivity contribution in [2.45, 2.75) is 19.4 Å². The van der Waals surface area contributed by atoms with Gasteiger partial charge in [0.1, 0.15) is 12.2 Å². The predicted molar refractivity (Wildman–Crippen MR) is 138 cm³/mol. The van der Waals surface area contributed by atoms with Crippen LogP contribution in [0.15, 0.2) is 64.9 Å². The molecule has 0 unspecified atom stereocenters. The molecule has 2 amide bonds. The van der Waals surface area contributed by atoms with Crippen molar-refractivity contribution < 1.29 is 9.59 Å². The summed E-state index contributed by atoms with van der Waals surface area (Å²) in [5.41, 5.74) is 3.06. The maximum Gasteiger partial charge on any atom is 0.281 e. The molecule has 6 nitrogen and oxygen atoms in total. The van der Waals surface area contributed by atoms with Crippen molar-refractivity contribution in [1.29, 1.82) is 0 Å². The molecular weight excluding hydrogens is 500 g/mol. The number of halogens is 1. The van der Waals surface area contributed by atoms with Crippen LogP contribution in [-0.4, -0.2) is 51.4 Å². The fourth-order valence-corrected chi connectivity index (χ4v) is 5.11. The van der Waals surface area contributed by atoms with E-state index in [9.17, 15) is 9.59 Å². The van der Waals surface area contributed by atoms with Gasteiger partial charge in [0.05, 0.1) is 5.69 Å². The van der Waals surface area contributed by atoms with Crippen LogP contribution in [0.1, 0.15) is 18.4 Å². The second kappa shape index (κ2) is 8.76. The average molecular weight is 523 g/mol. The van der Waals surface area contributed by atoms with Gasteiger partial charge in [-0.3, -0.25) is 14.5 Å². The van der Waals surface area contributed by atoms with Crippen LogP contribution in [-0.2, 0) is 16.1 Å². The van der Waals surface area contributed by atoms with Crippen molar-refractivity contribution in [1.82, 2.24) is 14.4 Å². The van der Waals surface area contributed by atoms with E-state index in [-0.39, 0.29) is 18.4 Å². The number of amides is 2. The number of rotatable bonds is 4. The van der Waals surface area contributed by atoms with Crippen LogP contribution in [0, 0.1) is 0 Å². The largest absolute Gasteiger partial charge is 0.341 e. The molecule has 33 heavy (non-hydrogen) atoms. The molecule has 2 fully saturated rings. The minimum absolute atomic E-state index is 0.122. The molecule has 8 heteroatoms. The van der Waals surface area contributed by atoms with Gasteiger partial charge in [0.25, 0.3) is 5.91 Å². The number of fused-ring (bicyclic) bond motifs is 1. The molecular formula is C25H23BrN4O2S. The lowest BCUT2D eigenvalue weighted by Crippen LogP contribution is -2.30. The zero-order chi connectivity index (χ0) is 23.1. The number of carbonyl (C=O) groups excluding carboxylic acids is 2. The molecule has 5 rings (SSSR count). The van der Waals surface area contributed by atoms with Gasteiger partial charge < -0.3 is 14.4 Å². The number of carbonyl (C=O) groups is 2. The number of likely N-dealkylation sites (N-methyl/N-ethyl adjacent to an activating group) is 1. The molecule has 2 aliphatic heterocycles. The highest BCUT2D eigenvalue weighted by atomic mass is 79.9. The van der Waals surface area contributed by atoms with Crippen molar-refractivity contribution in [3.05, 3.63) is 70.5 Å². The summed E-state index contributed by atoms with van der Waals surface area (Å²) in [6.07, 6.45) is 5.94. The molecule has 0 atom stereocenters. The van der Waals surface area contributed by atoms with Gasteiger partial charge in [0.2, 0.25) is 5.91 Å². The number of anilines is 1. The molecule has 0 bridgehead atoms. The minimum atomic E-state index is -0.169.